The molecule has 16 heavy (non-hydrogen) atoms. The number of carbonyl (C=O) groups is 2. The molecule has 0 saturated carbocycles. The number of nitrogens with two attached hydrogens (primary N) is 2. The Labute approximate surface area is 94.0 Å². The molecule has 5 heteroatoms. The summed E-state index contributed by atoms with van der Waals surface area (Å²) in [7, 11) is 1.51. The van der Waals surface area contributed by atoms with Crippen molar-refractivity contribution in [3.63, 3.8) is 0 Å². The van der Waals surface area contributed by atoms with Gasteiger partial charge in [-0.3, -0.25) is 9.69 Å². The van der Waals surface area contributed by atoms with Gasteiger partial charge < -0.3 is 11.5 Å². The molecule has 86 valence electrons. The van der Waals surface area contributed by atoms with Crippen molar-refractivity contribution in [2.24, 2.45) is 11.5 Å². The number of carbonyl (C=O) groups excluding carboxylic acids is 2. The molecule has 4 N–H and O–H groups in total. The molecular formula is C11H15N3O2. The minimum atomic E-state index is -0.620. The van der Waals surface area contributed by atoms with E-state index in [-0.39, 0.29) is 5.78 Å². The van der Waals surface area contributed by atoms with E-state index in [4.69, 9.17) is 11.5 Å². The fourth-order valence-electron chi connectivity index (χ4n) is 1.34. The molecule has 0 aromatic heterocycles. The van der Waals surface area contributed by atoms with E-state index in [1.54, 1.807) is 31.2 Å². The number of anilines is 1. The van der Waals surface area contributed by atoms with Crippen LogP contribution in [0.2, 0.25) is 0 Å². The summed E-state index contributed by atoms with van der Waals surface area (Å²) >= 11 is 0. The second-order valence-electron chi connectivity index (χ2n) is 3.57. The number of urea groups is 1. The summed E-state index contributed by atoms with van der Waals surface area (Å²) in [4.78, 5) is 24.1. The lowest BCUT2D eigenvalue weighted by Crippen LogP contribution is -2.34. The third kappa shape index (κ3) is 2.38. The topological polar surface area (TPSA) is 89.4 Å². The average molecular weight is 221 g/mol. The Hall–Kier alpha value is -1.88. The second-order valence-corrected chi connectivity index (χ2v) is 3.57. The van der Waals surface area contributed by atoms with E-state index in [0.717, 1.165) is 0 Å². The van der Waals surface area contributed by atoms with Crippen molar-refractivity contribution in [1.29, 1.82) is 0 Å². The number of nitrogens with zero attached hydrogens (tertiary/aromatic N) is 1. The van der Waals surface area contributed by atoms with Crippen LogP contribution in [0, 0.1) is 0 Å². The number of amides is 2. The van der Waals surface area contributed by atoms with Crippen LogP contribution in [0.1, 0.15) is 17.3 Å². The first kappa shape index (κ1) is 12.2. The number of primary amides is 1. The zero-order chi connectivity index (χ0) is 12.3. The molecule has 0 aliphatic rings. The van der Waals surface area contributed by atoms with Crippen LogP contribution in [0.15, 0.2) is 24.3 Å². The lowest BCUT2D eigenvalue weighted by atomic mass is 10.0. The molecule has 1 unspecified atom stereocenters. The highest BCUT2D eigenvalue weighted by Crippen LogP contribution is 2.20. The van der Waals surface area contributed by atoms with Crippen LogP contribution in [0.3, 0.4) is 0 Å². The molecule has 1 rings (SSSR count). The summed E-state index contributed by atoms with van der Waals surface area (Å²) in [5, 5.41) is 0. The Balaban J connectivity index is 3.20. The fourth-order valence-corrected chi connectivity index (χ4v) is 1.34. The van der Waals surface area contributed by atoms with Gasteiger partial charge in [-0.1, -0.05) is 12.1 Å². The Morgan fingerprint density at radius 2 is 1.88 bits per heavy atom. The van der Waals surface area contributed by atoms with Gasteiger partial charge in [-0.15, -0.1) is 0 Å². The molecule has 0 fully saturated rings. The van der Waals surface area contributed by atoms with E-state index in [1.165, 1.54) is 11.9 Å². The Morgan fingerprint density at radius 3 is 2.38 bits per heavy atom. The van der Waals surface area contributed by atoms with E-state index in [0.29, 0.717) is 11.3 Å². The van der Waals surface area contributed by atoms with Crippen molar-refractivity contribution >= 4 is 17.5 Å². The molecule has 1 atom stereocenters. The van der Waals surface area contributed by atoms with E-state index in [1.807, 2.05) is 0 Å². The van der Waals surface area contributed by atoms with E-state index >= 15 is 0 Å². The van der Waals surface area contributed by atoms with Crippen molar-refractivity contribution in [2.45, 2.75) is 13.0 Å². The molecule has 0 aliphatic carbocycles. The molecule has 0 saturated heterocycles. The highest BCUT2D eigenvalue weighted by atomic mass is 16.2. The standard InChI is InChI=1S/C11H15N3O2/c1-7(12)10(15)8-5-3-4-6-9(8)14(2)11(13)16/h3-7H,12H2,1-2H3,(H2,13,16). The van der Waals surface area contributed by atoms with Crippen LogP contribution in [-0.4, -0.2) is 24.9 Å². The van der Waals surface area contributed by atoms with Crippen LogP contribution in [-0.2, 0) is 0 Å². The Kier molecular flexibility index (Phi) is 3.63. The maximum atomic E-state index is 11.8. The minimum absolute atomic E-state index is 0.219. The van der Waals surface area contributed by atoms with Crippen molar-refractivity contribution in [1.82, 2.24) is 0 Å². The number of hydrogen-bond donors (Lipinski definition) is 2. The second kappa shape index (κ2) is 4.76. The Bertz CT molecular complexity index is 415. The largest absolute Gasteiger partial charge is 0.351 e. The zero-order valence-corrected chi connectivity index (χ0v) is 9.31. The van der Waals surface area contributed by atoms with Crippen LogP contribution >= 0.6 is 0 Å². The summed E-state index contributed by atoms with van der Waals surface area (Å²) in [6.45, 7) is 1.60. The van der Waals surface area contributed by atoms with Crippen LogP contribution < -0.4 is 16.4 Å². The number of rotatable bonds is 3. The van der Waals surface area contributed by atoms with Gasteiger partial charge in [0.15, 0.2) is 5.78 Å². The monoisotopic (exact) mass is 221 g/mol. The molecule has 0 radical (unpaired) electrons. The van der Waals surface area contributed by atoms with Gasteiger partial charge in [-0.2, -0.15) is 0 Å². The first-order chi connectivity index (χ1) is 7.45. The molecule has 0 heterocycles. The highest BCUT2D eigenvalue weighted by Gasteiger charge is 2.18. The first-order valence-corrected chi connectivity index (χ1v) is 4.87. The number of ketones is 1. The van der Waals surface area contributed by atoms with Crippen LogP contribution in [0.5, 0.6) is 0 Å². The van der Waals surface area contributed by atoms with Gasteiger partial charge in [0, 0.05) is 12.6 Å². The average Bonchev–Trinajstić information content (AvgIpc) is 2.26. The summed E-state index contributed by atoms with van der Waals surface area (Å²) in [6.07, 6.45) is 0. The van der Waals surface area contributed by atoms with Gasteiger partial charge in [-0.25, -0.2) is 4.79 Å². The highest BCUT2D eigenvalue weighted by molar-refractivity contribution is 6.07. The van der Waals surface area contributed by atoms with Crippen molar-refractivity contribution < 1.29 is 9.59 Å². The molecule has 1 aromatic carbocycles. The number of hydrogen-bond acceptors (Lipinski definition) is 3. The van der Waals surface area contributed by atoms with Crippen molar-refractivity contribution in [3.8, 4) is 0 Å². The van der Waals surface area contributed by atoms with Crippen LogP contribution in [0.25, 0.3) is 0 Å². The third-order valence-corrected chi connectivity index (χ3v) is 2.28. The van der Waals surface area contributed by atoms with E-state index < -0.39 is 12.1 Å². The molecule has 2 amide bonds. The zero-order valence-electron chi connectivity index (χ0n) is 9.31. The summed E-state index contributed by atoms with van der Waals surface area (Å²) in [6, 6.07) is 5.49. The van der Waals surface area contributed by atoms with E-state index in [2.05, 4.69) is 0 Å². The molecule has 0 bridgehead atoms. The molecular weight excluding hydrogens is 206 g/mol. The molecule has 1 aromatic rings. The normalized spacial score (nSPS) is 11.9. The van der Waals surface area contributed by atoms with Gasteiger partial charge in [0.1, 0.15) is 0 Å². The summed E-state index contributed by atoms with van der Waals surface area (Å²) in [5.74, 6) is -0.219. The predicted molar refractivity (Wildman–Crippen MR) is 62.4 cm³/mol. The van der Waals surface area contributed by atoms with Gasteiger partial charge in [0.05, 0.1) is 11.7 Å². The molecule has 5 nitrogen and oxygen atoms in total. The SMILES string of the molecule is CC(N)C(=O)c1ccccc1N(C)C(N)=O. The van der Waals surface area contributed by atoms with Gasteiger partial charge >= 0.3 is 6.03 Å². The number of para-hydroxylation sites is 1. The fraction of sp³-hybridized carbons (Fsp3) is 0.273. The first-order valence-electron chi connectivity index (χ1n) is 4.87. The third-order valence-electron chi connectivity index (χ3n) is 2.28. The summed E-state index contributed by atoms with van der Waals surface area (Å²) in [5.41, 5.74) is 11.6. The maximum Gasteiger partial charge on any atom is 0.319 e. The quantitative estimate of drug-likeness (QED) is 0.737. The van der Waals surface area contributed by atoms with Crippen LogP contribution in [0.4, 0.5) is 10.5 Å². The van der Waals surface area contributed by atoms with Gasteiger partial charge in [0.25, 0.3) is 0 Å². The molecule has 0 aliphatic heterocycles. The minimum Gasteiger partial charge on any atom is -0.351 e. The lowest BCUT2D eigenvalue weighted by Gasteiger charge is -2.18. The number of benzene rings is 1. The maximum absolute atomic E-state index is 11.8. The van der Waals surface area contributed by atoms with Gasteiger partial charge in [0.2, 0.25) is 0 Å². The summed E-state index contributed by atoms with van der Waals surface area (Å²) < 4.78 is 0. The van der Waals surface area contributed by atoms with Crippen molar-refractivity contribution in [2.75, 3.05) is 11.9 Å². The predicted octanol–water partition coefficient (Wildman–Crippen LogP) is 0.731. The van der Waals surface area contributed by atoms with E-state index in [9.17, 15) is 9.59 Å². The van der Waals surface area contributed by atoms with Crippen molar-refractivity contribution in [3.05, 3.63) is 29.8 Å². The Morgan fingerprint density at radius 1 is 1.31 bits per heavy atom. The van der Waals surface area contributed by atoms with Gasteiger partial charge in [-0.05, 0) is 19.1 Å². The molecule has 0 spiro atoms. The lowest BCUT2D eigenvalue weighted by molar-refractivity contribution is 0.0968. The number of Topliss-reactive ketones (excluding diaryl/α,β-unsaturated/α-hetero) is 1. The smallest absolute Gasteiger partial charge is 0.319 e.